The fraction of sp³-hybridized carbons (Fsp3) is 0.529. The molecule has 0 unspecified atom stereocenters. The molecule has 1 aromatic rings. The van der Waals surface area contributed by atoms with Crippen molar-refractivity contribution in [1.29, 1.82) is 0 Å². The third kappa shape index (κ3) is 5.58. The maximum atomic E-state index is 13.7. The van der Waals surface area contributed by atoms with E-state index in [9.17, 15) is 9.50 Å². The van der Waals surface area contributed by atoms with E-state index >= 15 is 0 Å². The molecule has 0 heterocycles. The zero-order valence-corrected chi connectivity index (χ0v) is 13.9. The van der Waals surface area contributed by atoms with Crippen LogP contribution in [0.15, 0.2) is 24.3 Å². The summed E-state index contributed by atoms with van der Waals surface area (Å²) in [6.45, 7) is 0. The van der Waals surface area contributed by atoms with Gasteiger partial charge in [-0.3, -0.25) is 0 Å². The second kappa shape index (κ2) is 8.75. The number of benzene rings is 1. The Bertz CT molecular complexity index is 566. The first-order valence-corrected chi connectivity index (χ1v) is 7.76. The van der Waals surface area contributed by atoms with Crippen LogP contribution < -0.4 is 0 Å². The van der Waals surface area contributed by atoms with Crippen LogP contribution in [0.1, 0.15) is 31.2 Å². The maximum absolute atomic E-state index is 13.7. The number of hydrogen-bond donors (Lipinski definition) is 3. The van der Waals surface area contributed by atoms with E-state index in [-0.39, 0.29) is 11.9 Å². The summed E-state index contributed by atoms with van der Waals surface area (Å²) in [6.07, 6.45) is 4.31. The van der Waals surface area contributed by atoms with Gasteiger partial charge in [-0.05, 0) is 38.6 Å². The Morgan fingerprint density at radius 3 is 2.29 bits per heavy atom. The Hall–Kier alpha value is -1.99. The van der Waals surface area contributed by atoms with Gasteiger partial charge in [-0.15, -0.1) is 0 Å². The Morgan fingerprint density at radius 2 is 1.79 bits per heavy atom. The van der Waals surface area contributed by atoms with Crippen LogP contribution in [0.2, 0.25) is 0 Å². The second-order valence-electron chi connectivity index (χ2n) is 6.21. The zero-order valence-electron chi connectivity index (χ0n) is 13.9. The summed E-state index contributed by atoms with van der Waals surface area (Å²) in [4.78, 5) is 20.3. The number of carboxylic acid groups (broad SMARTS) is 2. The molecule has 3 N–H and O–H groups in total. The summed E-state index contributed by atoms with van der Waals surface area (Å²) in [5.41, 5.74) is -0.182. The molecule has 1 aromatic carbocycles. The van der Waals surface area contributed by atoms with Gasteiger partial charge in [0.25, 0.3) is 0 Å². The van der Waals surface area contributed by atoms with Crippen molar-refractivity contribution in [2.45, 2.75) is 43.7 Å². The van der Waals surface area contributed by atoms with Crippen molar-refractivity contribution >= 4 is 11.9 Å². The van der Waals surface area contributed by atoms with Gasteiger partial charge < -0.3 is 20.2 Å². The minimum atomic E-state index is -1.82. The molecule has 1 aliphatic carbocycles. The van der Waals surface area contributed by atoms with Gasteiger partial charge in [-0.25, -0.2) is 14.0 Å². The summed E-state index contributed by atoms with van der Waals surface area (Å²) in [6, 6.07) is 6.87. The van der Waals surface area contributed by atoms with E-state index in [0.29, 0.717) is 12.0 Å². The molecule has 0 spiro atoms. The SMILES string of the molecule is CN(C)[C@@H]1CCCC[C@@]1(O)Cc1ccccc1F.O=C(O)C(=O)O. The maximum Gasteiger partial charge on any atom is 0.414 e. The fourth-order valence-electron chi connectivity index (χ4n) is 3.12. The molecule has 0 radical (unpaired) electrons. The lowest BCUT2D eigenvalue weighted by Gasteiger charge is -2.43. The van der Waals surface area contributed by atoms with E-state index in [2.05, 4.69) is 4.90 Å². The van der Waals surface area contributed by atoms with E-state index in [0.717, 1.165) is 25.7 Å². The quantitative estimate of drug-likeness (QED) is 0.725. The number of aliphatic carboxylic acids is 2. The van der Waals surface area contributed by atoms with E-state index in [4.69, 9.17) is 19.8 Å². The van der Waals surface area contributed by atoms with Crippen molar-refractivity contribution in [3.05, 3.63) is 35.6 Å². The number of rotatable bonds is 3. The number of aliphatic hydroxyl groups is 1. The predicted octanol–water partition coefficient (Wildman–Crippen LogP) is 1.76. The molecule has 0 aliphatic heterocycles. The highest BCUT2D eigenvalue weighted by molar-refractivity contribution is 6.27. The molecule has 1 fully saturated rings. The molecule has 134 valence electrons. The van der Waals surface area contributed by atoms with Crippen molar-refractivity contribution < 1.29 is 29.3 Å². The van der Waals surface area contributed by atoms with Gasteiger partial charge in [-0.1, -0.05) is 31.0 Å². The Kier molecular flexibility index (Phi) is 7.31. The highest BCUT2D eigenvalue weighted by Crippen LogP contribution is 2.34. The van der Waals surface area contributed by atoms with E-state index in [1.165, 1.54) is 6.07 Å². The average molecular weight is 341 g/mol. The first kappa shape index (κ1) is 20.1. The largest absolute Gasteiger partial charge is 0.473 e. The molecule has 0 bridgehead atoms. The minimum absolute atomic E-state index is 0.117. The Balaban J connectivity index is 0.000000413. The summed E-state index contributed by atoms with van der Waals surface area (Å²) in [7, 11) is 3.98. The smallest absolute Gasteiger partial charge is 0.414 e. The summed E-state index contributed by atoms with van der Waals surface area (Å²) < 4.78 is 13.7. The molecule has 0 aromatic heterocycles. The molecule has 2 atom stereocenters. The molecule has 7 heteroatoms. The molecular formula is C17H24FNO5. The van der Waals surface area contributed by atoms with Crippen LogP contribution in [0.5, 0.6) is 0 Å². The normalized spacial score (nSPS) is 23.3. The van der Waals surface area contributed by atoms with Crippen molar-refractivity contribution in [3.8, 4) is 0 Å². The van der Waals surface area contributed by atoms with Crippen LogP contribution in [0.3, 0.4) is 0 Å². The average Bonchev–Trinajstić information content (AvgIpc) is 2.50. The van der Waals surface area contributed by atoms with Gasteiger partial charge in [0.2, 0.25) is 0 Å². The lowest BCUT2D eigenvalue weighted by Crippen LogP contribution is -2.53. The van der Waals surface area contributed by atoms with Crippen LogP contribution in [-0.2, 0) is 16.0 Å². The highest BCUT2D eigenvalue weighted by Gasteiger charge is 2.40. The molecule has 2 rings (SSSR count). The van der Waals surface area contributed by atoms with Crippen molar-refractivity contribution in [2.75, 3.05) is 14.1 Å². The van der Waals surface area contributed by atoms with Gasteiger partial charge in [-0.2, -0.15) is 0 Å². The second-order valence-corrected chi connectivity index (χ2v) is 6.21. The van der Waals surface area contributed by atoms with Gasteiger partial charge >= 0.3 is 11.9 Å². The molecule has 0 amide bonds. The van der Waals surface area contributed by atoms with Crippen molar-refractivity contribution in [3.63, 3.8) is 0 Å². The van der Waals surface area contributed by atoms with Gasteiger partial charge in [0, 0.05) is 12.5 Å². The summed E-state index contributed by atoms with van der Waals surface area (Å²) >= 11 is 0. The number of halogens is 1. The summed E-state index contributed by atoms with van der Waals surface area (Å²) in [5, 5.41) is 25.7. The fourth-order valence-corrected chi connectivity index (χ4v) is 3.12. The third-order valence-corrected chi connectivity index (χ3v) is 4.22. The molecule has 1 saturated carbocycles. The Morgan fingerprint density at radius 1 is 1.21 bits per heavy atom. The minimum Gasteiger partial charge on any atom is -0.473 e. The lowest BCUT2D eigenvalue weighted by molar-refractivity contribution is -0.159. The molecule has 1 aliphatic rings. The molecule has 0 saturated heterocycles. The van der Waals surface area contributed by atoms with Gasteiger partial charge in [0.1, 0.15) is 5.82 Å². The van der Waals surface area contributed by atoms with E-state index < -0.39 is 17.5 Å². The standard InChI is InChI=1S/C15H22FNO.C2H2O4/c1-17(2)14-9-5-6-10-15(14,18)11-12-7-3-4-8-13(12)16;3-1(4)2(5)6/h3-4,7-8,14,18H,5-6,9-11H2,1-2H3;(H,3,4)(H,5,6)/t14-,15-;/m1./s1. The highest BCUT2D eigenvalue weighted by atomic mass is 19.1. The lowest BCUT2D eigenvalue weighted by atomic mass is 9.76. The number of hydrogen-bond acceptors (Lipinski definition) is 4. The van der Waals surface area contributed by atoms with Crippen LogP contribution >= 0.6 is 0 Å². The van der Waals surface area contributed by atoms with Crippen molar-refractivity contribution in [1.82, 2.24) is 4.90 Å². The Labute approximate surface area is 140 Å². The van der Waals surface area contributed by atoms with Crippen LogP contribution in [0.25, 0.3) is 0 Å². The van der Waals surface area contributed by atoms with Crippen LogP contribution in [-0.4, -0.2) is 57.9 Å². The predicted molar refractivity (Wildman–Crippen MR) is 86.3 cm³/mol. The molecular weight excluding hydrogens is 317 g/mol. The first-order chi connectivity index (χ1) is 11.2. The number of carboxylic acids is 2. The number of nitrogens with zero attached hydrogens (tertiary/aromatic N) is 1. The van der Waals surface area contributed by atoms with E-state index in [1.807, 2.05) is 20.2 Å². The topological polar surface area (TPSA) is 98.1 Å². The number of likely N-dealkylation sites (N-methyl/N-ethyl adjacent to an activating group) is 1. The van der Waals surface area contributed by atoms with Crippen molar-refractivity contribution in [2.24, 2.45) is 0 Å². The zero-order chi connectivity index (χ0) is 18.3. The monoisotopic (exact) mass is 341 g/mol. The van der Waals surface area contributed by atoms with Crippen LogP contribution in [0.4, 0.5) is 4.39 Å². The molecule has 24 heavy (non-hydrogen) atoms. The molecule has 6 nitrogen and oxygen atoms in total. The van der Waals surface area contributed by atoms with E-state index in [1.54, 1.807) is 12.1 Å². The summed E-state index contributed by atoms with van der Waals surface area (Å²) in [5.74, 6) is -3.86. The van der Waals surface area contributed by atoms with Gasteiger partial charge in [0.15, 0.2) is 0 Å². The number of carbonyl (C=O) groups is 2. The van der Waals surface area contributed by atoms with Crippen LogP contribution in [0, 0.1) is 5.82 Å². The first-order valence-electron chi connectivity index (χ1n) is 7.76. The third-order valence-electron chi connectivity index (χ3n) is 4.22. The van der Waals surface area contributed by atoms with Gasteiger partial charge in [0.05, 0.1) is 5.60 Å².